The van der Waals surface area contributed by atoms with Gasteiger partial charge < -0.3 is 16.4 Å². The van der Waals surface area contributed by atoms with Crippen molar-refractivity contribution in [2.24, 2.45) is 5.73 Å². The van der Waals surface area contributed by atoms with Crippen LogP contribution in [-0.2, 0) is 16.0 Å². The van der Waals surface area contributed by atoms with Gasteiger partial charge in [0.05, 0.1) is 6.54 Å². The quantitative estimate of drug-likeness (QED) is 0.699. The number of hydrogen-bond donors (Lipinski definition) is 3. The first-order chi connectivity index (χ1) is 12.0. The van der Waals surface area contributed by atoms with Gasteiger partial charge in [-0.15, -0.1) is 0 Å². The molecule has 0 saturated carbocycles. The predicted octanol–water partition coefficient (Wildman–Crippen LogP) is 0.938. The number of amides is 3. The summed E-state index contributed by atoms with van der Waals surface area (Å²) in [6, 6.07) is 15.4. The molecule has 0 aliphatic rings. The highest BCUT2D eigenvalue weighted by Gasteiger charge is 2.19. The van der Waals surface area contributed by atoms with E-state index in [-0.39, 0.29) is 12.5 Å². The largest absolute Gasteiger partial charge is 0.368 e. The summed E-state index contributed by atoms with van der Waals surface area (Å²) in [4.78, 5) is 35.5. The number of carbonyl (C=O) groups is 3. The summed E-state index contributed by atoms with van der Waals surface area (Å²) < 4.78 is 0. The summed E-state index contributed by atoms with van der Waals surface area (Å²) in [5, 5.41) is 5.07. The first-order valence-electron chi connectivity index (χ1n) is 7.93. The minimum atomic E-state index is -0.830. The summed E-state index contributed by atoms with van der Waals surface area (Å²) in [6.45, 7) is 1.73. The van der Waals surface area contributed by atoms with E-state index in [0.29, 0.717) is 12.0 Å². The Morgan fingerprint density at radius 1 is 1.00 bits per heavy atom. The molecule has 3 amide bonds. The fourth-order valence-corrected chi connectivity index (χ4v) is 2.28. The fourth-order valence-electron chi connectivity index (χ4n) is 2.28. The summed E-state index contributed by atoms with van der Waals surface area (Å²) in [6.07, 6.45) is 0.300. The van der Waals surface area contributed by atoms with Gasteiger partial charge in [0.2, 0.25) is 11.8 Å². The Morgan fingerprint density at radius 3 is 2.24 bits per heavy atom. The SMILES string of the molecule is Cc1ccc(C[C@@H](NC(=O)CNC(=O)c2ccccc2)C(N)=O)cc1. The maximum atomic E-state index is 12.0. The van der Waals surface area contributed by atoms with Crippen LogP contribution in [0.25, 0.3) is 0 Å². The molecule has 0 bridgehead atoms. The molecule has 0 saturated heterocycles. The smallest absolute Gasteiger partial charge is 0.251 e. The monoisotopic (exact) mass is 339 g/mol. The Morgan fingerprint density at radius 2 is 1.64 bits per heavy atom. The minimum absolute atomic E-state index is 0.231. The maximum absolute atomic E-state index is 12.0. The highest BCUT2D eigenvalue weighted by molar-refractivity contribution is 5.97. The second kappa shape index (κ2) is 8.63. The standard InChI is InChI=1S/C19H21N3O3/c1-13-7-9-14(10-8-13)11-16(18(20)24)22-17(23)12-21-19(25)15-5-3-2-4-6-15/h2-10,16H,11-12H2,1H3,(H2,20,24)(H,21,25)(H,22,23)/t16-/m1/s1. The number of nitrogens with two attached hydrogens (primary N) is 1. The summed E-state index contributed by atoms with van der Waals surface area (Å²) in [7, 11) is 0. The van der Waals surface area contributed by atoms with Crippen LogP contribution in [-0.4, -0.2) is 30.3 Å². The Hall–Kier alpha value is -3.15. The van der Waals surface area contributed by atoms with Crippen LogP contribution in [0.4, 0.5) is 0 Å². The van der Waals surface area contributed by atoms with Crippen molar-refractivity contribution < 1.29 is 14.4 Å². The maximum Gasteiger partial charge on any atom is 0.251 e. The molecular formula is C19H21N3O3. The molecule has 25 heavy (non-hydrogen) atoms. The molecular weight excluding hydrogens is 318 g/mol. The lowest BCUT2D eigenvalue weighted by Crippen LogP contribution is -2.49. The van der Waals surface area contributed by atoms with Crippen LogP contribution < -0.4 is 16.4 Å². The van der Waals surface area contributed by atoms with Gasteiger partial charge in [-0.25, -0.2) is 0 Å². The highest BCUT2D eigenvalue weighted by atomic mass is 16.2. The molecule has 0 fully saturated rings. The average molecular weight is 339 g/mol. The van der Waals surface area contributed by atoms with Gasteiger partial charge >= 0.3 is 0 Å². The van der Waals surface area contributed by atoms with E-state index in [1.807, 2.05) is 31.2 Å². The second-order valence-corrected chi connectivity index (χ2v) is 5.76. The van der Waals surface area contributed by atoms with Gasteiger partial charge in [0.25, 0.3) is 5.91 Å². The van der Waals surface area contributed by atoms with Crippen molar-refractivity contribution in [3.63, 3.8) is 0 Å². The third-order valence-electron chi connectivity index (χ3n) is 3.68. The molecule has 2 aromatic rings. The molecule has 130 valence electrons. The van der Waals surface area contributed by atoms with E-state index >= 15 is 0 Å². The number of carbonyl (C=O) groups excluding carboxylic acids is 3. The lowest BCUT2D eigenvalue weighted by molar-refractivity contribution is -0.126. The first-order valence-corrected chi connectivity index (χ1v) is 7.93. The lowest BCUT2D eigenvalue weighted by atomic mass is 10.0. The molecule has 6 nitrogen and oxygen atoms in total. The number of aryl methyl sites for hydroxylation is 1. The molecule has 0 spiro atoms. The zero-order chi connectivity index (χ0) is 18.2. The first kappa shape index (κ1) is 18.2. The predicted molar refractivity (Wildman–Crippen MR) is 94.8 cm³/mol. The van der Waals surface area contributed by atoms with Crippen LogP contribution >= 0.6 is 0 Å². The normalized spacial score (nSPS) is 11.4. The van der Waals surface area contributed by atoms with Crippen molar-refractivity contribution in [3.05, 3.63) is 71.3 Å². The highest BCUT2D eigenvalue weighted by Crippen LogP contribution is 2.06. The molecule has 0 heterocycles. The molecule has 0 aliphatic heterocycles. The van der Waals surface area contributed by atoms with E-state index in [9.17, 15) is 14.4 Å². The van der Waals surface area contributed by atoms with E-state index in [2.05, 4.69) is 10.6 Å². The fraction of sp³-hybridized carbons (Fsp3) is 0.211. The Balaban J connectivity index is 1.88. The van der Waals surface area contributed by atoms with Crippen LogP contribution in [0.2, 0.25) is 0 Å². The van der Waals surface area contributed by atoms with Gasteiger partial charge in [-0.05, 0) is 24.6 Å². The van der Waals surface area contributed by atoms with Gasteiger partial charge in [-0.1, -0.05) is 48.0 Å². The van der Waals surface area contributed by atoms with Gasteiger partial charge in [0.1, 0.15) is 6.04 Å². The lowest BCUT2D eigenvalue weighted by Gasteiger charge is -2.16. The van der Waals surface area contributed by atoms with Crippen molar-refractivity contribution in [1.29, 1.82) is 0 Å². The molecule has 0 aromatic heterocycles. The summed E-state index contributed by atoms with van der Waals surface area (Å²) in [5.74, 6) is -1.45. The van der Waals surface area contributed by atoms with Crippen LogP contribution in [0.3, 0.4) is 0 Å². The zero-order valence-electron chi connectivity index (χ0n) is 14.0. The van der Waals surface area contributed by atoms with Crippen LogP contribution in [0.15, 0.2) is 54.6 Å². The number of hydrogen-bond acceptors (Lipinski definition) is 3. The zero-order valence-corrected chi connectivity index (χ0v) is 14.0. The van der Waals surface area contributed by atoms with Crippen molar-refractivity contribution >= 4 is 17.7 Å². The Bertz CT molecular complexity index is 742. The minimum Gasteiger partial charge on any atom is -0.368 e. The van der Waals surface area contributed by atoms with E-state index < -0.39 is 17.9 Å². The molecule has 0 aliphatic carbocycles. The molecule has 0 unspecified atom stereocenters. The number of nitrogens with one attached hydrogen (secondary N) is 2. The molecule has 4 N–H and O–H groups in total. The molecule has 6 heteroatoms. The van der Waals surface area contributed by atoms with Gasteiger partial charge in [0, 0.05) is 12.0 Å². The summed E-state index contributed by atoms with van der Waals surface area (Å²) >= 11 is 0. The number of rotatable bonds is 7. The average Bonchev–Trinajstić information content (AvgIpc) is 2.61. The topological polar surface area (TPSA) is 101 Å². The second-order valence-electron chi connectivity index (χ2n) is 5.76. The van der Waals surface area contributed by atoms with E-state index in [4.69, 9.17) is 5.73 Å². The molecule has 1 atom stereocenters. The third kappa shape index (κ3) is 5.76. The Labute approximate surface area is 146 Å². The van der Waals surface area contributed by atoms with Crippen molar-refractivity contribution in [2.45, 2.75) is 19.4 Å². The Kier molecular flexibility index (Phi) is 6.28. The van der Waals surface area contributed by atoms with E-state index in [1.54, 1.807) is 30.3 Å². The van der Waals surface area contributed by atoms with Crippen molar-refractivity contribution in [3.8, 4) is 0 Å². The van der Waals surface area contributed by atoms with Crippen LogP contribution in [0.1, 0.15) is 21.5 Å². The van der Waals surface area contributed by atoms with Gasteiger partial charge in [-0.3, -0.25) is 14.4 Å². The number of benzene rings is 2. The van der Waals surface area contributed by atoms with Crippen molar-refractivity contribution in [1.82, 2.24) is 10.6 Å². The molecule has 2 aromatic carbocycles. The van der Waals surface area contributed by atoms with Crippen LogP contribution in [0, 0.1) is 6.92 Å². The van der Waals surface area contributed by atoms with E-state index in [0.717, 1.165) is 11.1 Å². The molecule has 2 rings (SSSR count). The number of primary amides is 1. The van der Waals surface area contributed by atoms with Crippen molar-refractivity contribution in [2.75, 3.05) is 6.54 Å². The summed E-state index contributed by atoms with van der Waals surface area (Å²) in [5.41, 5.74) is 7.82. The van der Waals surface area contributed by atoms with Gasteiger partial charge in [0.15, 0.2) is 0 Å². The molecule has 0 radical (unpaired) electrons. The third-order valence-corrected chi connectivity index (χ3v) is 3.68. The van der Waals surface area contributed by atoms with Crippen LogP contribution in [0.5, 0.6) is 0 Å². The van der Waals surface area contributed by atoms with Gasteiger partial charge in [-0.2, -0.15) is 0 Å². The van der Waals surface area contributed by atoms with E-state index in [1.165, 1.54) is 0 Å².